The van der Waals surface area contributed by atoms with Gasteiger partial charge in [0.1, 0.15) is 17.5 Å². The van der Waals surface area contributed by atoms with Crippen molar-refractivity contribution in [3.05, 3.63) is 84.4 Å². The number of anilines is 1. The molecule has 0 aliphatic carbocycles. The van der Waals surface area contributed by atoms with Gasteiger partial charge in [0.25, 0.3) is 0 Å². The summed E-state index contributed by atoms with van der Waals surface area (Å²) >= 11 is 0. The first kappa shape index (κ1) is 26.4. The molecular weight excluding hydrogens is 490 g/mol. The number of nitrogens with zero attached hydrogens (tertiary/aromatic N) is 1. The molecule has 1 aliphatic rings. The fraction of sp³-hybridized carbons (Fsp3) is 0.286. The Morgan fingerprint density at radius 1 is 0.892 bits per heavy atom. The minimum absolute atomic E-state index is 0.248. The second-order valence-corrected chi connectivity index (χ2v) is 11.1. The zero-order chi connectivity index (χ0) is 26.4. The van der Waals surface area contributed by atoms with Crippen LogP contribution < -0.4 is 15.4 Å². The summed E-state index contributed by atoms with van der Waals surface area (Å²) in [6.07, 6.45) is 0.794. The summed E-state index contributed by atoms with van der Waals surface area (Å²) in [5.74, 6) is 0.413. The lowest BCUT2D eigenvalue weighted by Crippen LogP contribution is -2.47. The topological polar surface area (TPSA) is 105 Å². The maximum atomic E-state index is 12.9. The maximum Gasteiger partial charge on any atom is 0.246 e. The summed E-state index contributed by atoms with van der Waals surface area (Å²) in [5.41, 5.74) is 1.57. The van der Waals surface area contributed by atoms with Crippen LogP contribution >= 0.6 is 0 Å². The van der Waals surface area contributed by atoms with E-state index in [4.69, 9.17) is 4.74 Å². The Balaban J connectivity index is 1.25. The van der Waals surface area contributed by atoms with E-state index in [0.717, 1.165) is 5.56 Å². The molecule has 9 heteroatoms. The average molecular weight is 522 g/mol. The third-order valence-corrected chi connectivity index (χ3v) is 8.25. The van der Waals surface area contributed by atoms with Crippen molar-refractivity contribution in [2.45, 2.75) is 37.6 Å². The number of amides is 2. The Kier molecular flexibility index (Phi) is 8.25. The van der Waals surface area contributed by atoms with Crippen LogP contribution in [0.5, 0.6) is 11.5 Å². The summed E-state index contributed by atoms with van der Waals surface area (Å²) < 4.78 is 33.0. The number of piperidine rings is 1. The lowest BCUT2D eigenvalue weighted by atomic mass is 9.97. The fourth-order valence-electron chi connectivity index (χ4n) is 4.10. The monoisotopic (exact) mass is 521 g/mol. The Morgan fingerprint density at radius 2 is 1.49 bits per heavy atom. The van der Waals surface area contributed by atoms with Crippen LogP contribution in [0.4, 0.5) is 5.69 Å². The predicted octanol–water partition coefficient (Wildman–Crippen LogP) is 4.33. The summed E-state index contributed by atoms with van der Waals surface area (Å²) in [6, 6.07) is 22.4. The van der Waals surface area contributed by atoms with Crippen LogP contribution in [0.25, 0.3) is 0 Å². The van der Waals surface area contributed by atoms with Crippen molar-refractivity contribution in [1.29, 1.82) is 0 Å². The quantitative estimate of drug-likeness (QED) is 0.459. The van der Waals surface area contributed by atoms with E-state index < -0.39 is 16.1 Å². The van der Waals surface area contributed by atoms with Gasteiger partial charge in [-0.2, -0.15) is 4.31 Å². The minimum Gasteiger partial charge on any atom is -0.457 e. The van der Waals surface area contributed by atoms with Gasteiger partial charge in [-0.05, 0) is 75.2 Å². The van der Waals surface area contributed by atoms with Gasteiger partial charge in [0.05, 0.1) is 4.90 Å². The van der Waals surface area contributed by atoms with Crippen LogP contribution in [0, 0.1) is 12.8 Å². The SMILES string of the molecule is Cc1ccc(S(=O)(=O)N2CCC(C(=O)N[C@H](C)C(=O)Nc3ccc(Oc4ccccc4)cc3)CC2)cc1. The first-order chi connectivity index (χ1) is 17.7. The van der Waals surface area contributed by atoms with Gasteiger partial charge in [-0.15, -0.1) is 0 Å². The van der Waals surface area contributed by atoms with Crippen molar-refractivity contribution < 1.29 is 22.7 Å². The number of para-hydroxylation sites is 1. The van der Waals surface area contributed by atoms with Gasteiger partial charge in [-0.1, -0.05) is 35.9 Å². The molecule has 1 saturated heterocycles. The summed E-state index contributed by atoms with van der Waals surface area (Å²) in [4.78, 5) is 25.7. The molecule has 0 aromatic heterocycles. The van der Waals surface area contributed by atoms with Crippen molar-refractivity contribution >= 4 is 27.5 Å². The van der Waals surface area contributed by atoms with Crippen LogP contribution in [-0.2, 0) is 19.6 Å². The number of sulfonamides is 1. The molecule has 8 nitrogen and oxygen atoms in total. The molecule has 3 aromatic carbocycles. The van der Waals surface area contributed by atoms with Crippen LogP contribution in [0.1, 0.15) is 25.3 Å². The lowest BCUT2D eigenvalue weighted by molar-refractivity contribution is -0.129. The summed E-state index contributed by atoms with van der Waals surface area (Å²) in [5, 5.41) is 5.55. The highest BCUT2D eigenvalue weighted by Crippen LogP contribution is 2.25. The van der Waals surface area contributed by atoms with Crippen LogP contribution in [0.3, 0.4) is 0 Å². The number of aryl methyl sites for hydroxylation is 1. The number of benzene rings is 3. The zero-order valence-corrected chi connectivity index (χ0v) is 21.7. The zero-order valence-electron chi connectivity index (χ0n) is 20.9. The van der Waals surface area contributed by atoms with Gasteiger partial charge in [0, 0.05) is 24.7 Å². The first-order valence-electron chi connectivity index (χ1n) is 12.2. The molecule has 1 atom stereocenters. The molecule has 0 spiro atoms. The second-order valence-electron chi connectivity index (χ2n) is 9.15. The predicted molar refractivity (Wildman–Crippen MR) is 142 cm³/mol. The molecule has 0 bridgehead atoms. The van der Waals surface area contributed by atoms with Crippen molar-refractivity contribution in [2.75, 3.05) is 18.4 Å². The maximum absolute atomic E-state index is 12.9. The van der Waals surface area contributed by atoms with Crippen molar-refractivity contribution in [1.82, 2.24) is 9.62 Å². The minimum atomic E-state index is -3.59. The van der Waals surface area contributed by atoms with E-state index in [0.29, 0.717) is 30.0 Å². The molecule has 0 saturated carbocycles. The number of carbonyl (C=O) groups is 2. The first-order valence-corrected chi connectivity index (χ1v) is 13.7. The van der Waals surface area contributed by atoms with Gasteiger partial charge in [-0.3, -0.25) is 9.59 Å². The molecule has 1 aliphatic heterocycles. The highest BCUT2D eigenvalue weighted by atomic mass is 32.2. The summed E-state index contributed by atoms with van der Waals surface area (Å²) in [6.45, 7) is 4.04. The normalized spacial score (nSPS) is 15.5. The second kappa shape index (κ2) is 11.6. The van der Waals surface area contributed by atoms with Crippen molar-refractivity contribution in [2.24, 2.45) is 5.92 Å². The lowest BCUT2D eigenvalue weighted by Gasteiger charge is -2.31. The van der Waals surface area contributed by atoms with Gasteiger partial charge >= 0.3 is 0 Å². The number of ether oxygens (including phenoxy) is 1. The van der Waals surface area contributed by atoms with Gasteiger partial charge in [-0.25, -0.2) is 8.42 Å². The van der Waals surface area contributed by atoms with Crippen molar-refractivity contribution in [3.8, 4) is 11.5 Å². The number of rotatable bonds is 8. The molecular formula is C28H31N3O5S. The number of nitrogens with one attached hydrogen (secondary N) is 2. The average Bonchev–Trinajstić information content (AvgIpc) is 2.90. The molecule has 194 valence electrons. The molecule has 1 heterocycles. The Hall–Kier alpha value is -3.69. The van der Waals surface area contributed by atoms with E-state index in [1.54, 1.807) is 55.5 Å². The van der Waals surface area contributed by atoms with Crippen LogP contribution in [0.2, 0.25) is 0 Å². The van der Waals surface area contributed by atoms with Crippen molar-refractivity contribution in [3.63, 3.8) is 0 Å². The van der Waals surface area contributed by atoms with Crippen LogP contribution in [0.15, 0.2) is 83.8 Å². The largest absolute Gasteiger partial charge is 0.457 e. The smallest absolute Gasteiger partial charge is 0.246 e. The van der Waals surface area contributed by atoms with E-state index in [1.807, 2.05) is 37.3 Å². The molecule has 37 heavy (non-hydrogen) atoms. The van der Waals surface area contributed by atoms with E-state index in [2.05, 4.69) is 10.6 Å². The summed E-state index contributed by atoms with van der Waals surface area (Å²) in [7, 11) is -3.59. The Labute approximate surface area is 217 Å². The third kappa shape index (κ3) is 6.75. The molecule has 4 rings (SSSR count). The van der Waals surface area contributed by atoms with E-state index in [1.165, 1.54) is 4.31 Å². The molecule has 2 amide bonds. The number of carbonyl (C=O) groups excluding carboxylic acids is 2. The van der Waals surface area contributed by atoms with Gasteiger partial charge in [0.15, 0.2) is 0 Å². The fourth-order valence-corrected chi connectivity index (χ4v) is 5.57. The van der Waals surface area contributed by atoms with Crippen LogP contribution in [-0.4, -0.2) is 43.7 Å². The highest BCUT2D eigenvalue weighted by Gasteiger charge is 2.32. The van der Waals surface area contributed by atoms with E-state index >= 15 is 0 Å². The van der Waals surface area contributed by atoms with Gasteiger partial charge < -0.3 is 15.4 Å². The van der Waals surface area contributed by atoms with E-state index in [9.17, 15) is 18.0 Å². The molecule has 0 radical (unpaired) electrons. The Bertz CT molecular complexity index is 1320. The van der Waals surface area contributed by atoms with E-state index in [-0.39, 0.29) is 35.7 Å². The molecule has 0 unspecified atom stereocenters. The third-order valence-electron chi connectivity index (χ3n) is 6.34. The molecule has 2 N–H and O–H groups in total. The van der Waals surface area contributed by atoms with Gasteiger partial charge in [0.2, 0.25) is 21.8 Å². The highest BCUT2D eigenvalue weighted by molar-refractivity contribution is 7.89. The standard InChI is InChI=1S/C28H31N3O5S/c1-20-8-14-26(15-9-20)37(34,35)31-18-16-22(17-19-31)28(33)29-21(2)27(32)30-23-10-12-25(13-11-23)36-24-6-4-3-5-7-24/h3-15,21-22H,16-19H2,1-2H3,(H,29,33)(H,30,32)/t21-/m1/s1. The number of hydrogen-bond acceptors (Lipinski definition) is 5. The number of hydrogen-bond donors (Lipinski definition) is 2. The molecule has 3 aromatic rings. The molecule has 1 fully saturated rings. The Morgan fingerprint density at radius 3 is 2.11 bits per heavy atom.